The monoisotopic (exact) mass is 478 g/mol. The maximum absolute atomic E-state index is 12.5. The number of nitrogens with zero attached hydrogens (tertiary/aromatic N) is 3. The Bertz CT molecular complexity index is 1200. The number of hydrogen-bond acceptors (Lipinski definition) is 8. The van der Waals surface area contributed by atoms with E-state index in [1.54, 1.807) is 18.2 Å². The molecule has 0 atom stereocenters. The predicted molar refractivity (Wildman–Crippen MR) is 131 cm³/mol. The first-order chi connectivity index (χ1) is 16.5. The number of nitrogens with one attached hydrogen (secondary N) is 1. The van der Waals surface area contributed by atoms with Gasteiger partial charge in [-0.1, -0.05) is 36.5 Å². The fraction of sp³-hybridized carbons (Fsp3) is 0.280. The molecule has 8 nitrogen and oxygen atoms in total. The summed E-state index contributed by atoms with van der Waals surface area (Å²) in [6.45, 7) is 6.97. The summed E-state index contributed by atoms with van der Waals surface area (Å²) < 4.78 is 17.3. The van der Waals surface area contributed by atoms with Crippen LogP contribution in [0.5, 0.6) is 17.2 Å². The molecule has 3 rings (SSSR count). The van der Waals surface area contributed by atoms with Crippen molar-refractivity contribution in [2.75, 3.05) is 25.1 Å². The molecule has 0 bridgehead atoms. The fourth-order valence-electron chi connectivity index (χ4n) is 2.94. The number of rotatable bonds is 11. The lowest BCUT2D eigenvalue weighted by Gasteiger charge is -2.13. The third-order valence-electron chi connectivity index (χ3n) is 4.53. The van der Waals surface area contributed by atoms with Crippen LogP contribution in [0.15, 0.2) is 48.0 Å². The number of ether oxygens (including phenoxy) is 3. The SMILES string of the molecule is CCOc1cc(/C=C(/C#N)C(=O)Nc2nnc(CC)s2)ccc1OCCOc1cccc(C)c1. The maximum atomic E-state index is 12.5. The highest BCUT2D eigenvalue weighted by atomic mass is 32.1. The van der Waals surface area contributed by atoms with Gasteiger partial charge in [-0.25, -0.2) is 0 Å². The van der Waals surface area contributed by atoms with Crippen molar-refractivity contribution in [2.24, 2.45) is 0 Å². The van der Waals surface area contributed by atoms with Crippen molar-refractivity contribution in [3.8, 4) is 23.3 Å². The van der Waals surface area contributed by atoms with Gasteiger partial charge in [0.2, 0.25) is 5.13 Å². The van der Waals surface area contributed by atoms with Crippen molar-refractivity contribution in [3.05, 3.63) is 64.2 Å². The van der Waals surface area contributed by atoms with Gasteiger partial charge in [0.1, 0.15) is 35.6 Å². The zero-order chi connectivity index (χ0) is 24.3. The van der Waals surface area contributed by atoms with Crippen molar-refractivity contribution < 1.29 is 19.0 Å². The van der Waals surface area contributed by atoms with Gasteiger partial charge in [0.25, 0.3) is 5.91 Å². The molecule has 176 valence electrons. The third-order valence-corrected chi connectivity index (χ3v) is 5.52. The Morgan fingerprint density at radius 3 is 2.62 bits per heavy atom. The minimum absolute atomic E-state index is 0.0593. The predicted octanol–water partition coefficient (Wildman–Crippen LogP) is 4.81. The van der Waals surface area contributed by atoms with E-state index in [2.05, 4.69) is 15.5 Å². The zero-order valence-corrected chi connectivity index (χ0v) is 20.1. The van der Waals surface area contributed by atoms with Crippen LogP contribution in [0.1, 0.15) is 30.0 Å². The molecule has 0 unspecified atom stereocenters. The van der Waals surface area contributed by atoms with E-state index in [0.717, 1.165) is 22.7 Å². The van der Waals surface area contributed by atoms with Gasteiger partial charge >= 0.3 is 0 Å². The first-order valence-corrected chi connectivity index (χ1v) is 11.7. The lowest BCUT2D eigenvalue weighted by Crippen LogP contribution is -2.13. The molecule has 0 fully saturated rings. The molecule has 1 heterocycles. The Morgan fingerprint density at radius 1 is 1.09 bits per heavy atom. The quantitative estimate of drug-likeness (QED) is 0.239. The summed E-state index contributed by atoms with van der Waals surface area (Å²) in [6.07, 6.45) is 2.21. The number of benzene rings is 2. The summed E-state index contributed by atoms with van der Waals surface area (Å²) in [7, 11) is 0. The normalized spacial score (nSPS) is 10.9. The van der Waals surface area contributed by atoms with E-state index in [-0.39, 0.29) is 5.57 Å². The van der Waals surface area contributed by atoms with Crippen LogP contribution in [0.2, 0.25) is 0 Å². The summed E-state index contributed by atoms with van der Waals surface area (Å²) in [5.74, 6) is 1.31. The van der Waals surface area contributed by atoms with Gasteiger partial charge in [0.15, 0.2) is 11.5 Å². The minimum Gasteiger partial charge on any atom is -0.490 e. The van der Waals surface area contributed by atoms with Gasteiger partial charge in [-0.15, -0.1) is 10.2 Å². The van der Waals surface area contributed by atoms with Gasteiger partial charge in [0.05, 0.1) is 6.61 Å². The van der Waals surface area contributed by atoms with Gasteiger partial charge in [-0.3, -0.25) is 10.1 Å². The van der Waals surface area contributed by atoms with E-state index in [9.17, 15) is 10.1 Å². The highest BCUT2D eigenvalue weighted by molar-refractivity contribution is 7.15. The lowest BCUT2D eigenvalue weighted by atomic mass is 10.1. The molecule has 0 saturated heterocycles. The second kappa shape index (κ2) is 12.4. The van der Waals surface area contributed by atoms with E-state index in [1.807, 2.05) is 51.1 Å². The van der Waals surface area contributed by atoms with E-state index in [0.29, 0.717) is 42.0 Å². The fourth-order valence-corrected chi connectivity index (χ4v) is 3.62. The molecule has 0 aliphatic rings. The Kier molecular flexibility index (Phi) is 9.00. The largest absolute Gasteiger partial charge is 0.490 e. The van der Waals surface area contributed by atoms with Gasteiger partial charge in [-0.2, -0.15) is 5.26 Å². The number of aromatic nitrogens is 2. The molecule has 34 heavy (non-hydrogen) atoms. The lowest BCUT2D eigenvalue weighted by molar-refractivity contribution is -0.112. The summed E-state index contributed by atoms with van der Waals surface area (Å²) in [5, 5.41) is 21.1. The summed E-state index contributed by atoms with van der Waals surface area (Å²) >= 11 is 1.28. The number of nitriles is 1. The van der Waals surface area contributed by atoms with Crippen molar-refractivity contribution in [1.82, 2.24) is 10.2 Å². The molecule has 3 aromatic rings. The van der Waals surface area contributed by atoms with Crippen molar-refractivity contribution >= 4 is 28.5 Å². The highest BCUT2D eigenvalue weighted by Crippen LogP contribution is 2.29. The number of carbonyl (C=O) groups is 1. The van der Waals surface area contributed by atoms with E-state index in [1.165, 1.54) is 17.4 Å². The van der Waals surface area contributed by atoms with E-state index in [4.69, 9.17) is 14.2 Å². The smallest absolute Gasteiger partial charge is 0.268 e. The van der Waals surface area contributed by atoms with Crippen LogP contribution in [-0.4, -0.2) is 35.9 Å². The Morgan fingerprint density at radius 2 is 1.91 bits per heavy atom. The van der Waals surface area contributed by atoms with Gasteiger partial charge < -0.3 is 14.2 Å². The van der Waals surface area contributed by atoms with Crippen LogP contribution < -0.4 is 19.5 Å². The summed E-state index contributed by atoms with van der Waals surface area (Å²) in [6, 6.07) is 15.0. The van der Waals surface area contributed by atoms with Crippen LogP contribution in [0, 0.1) is 18.3 Å². The average Bonchev–Trinajstić information content (AvgIpc) is 3.29. The minimum atomic E-state index is -0.548. The Labute approximate surface area is 202 Å². The second-order valence-corrected chi connectivity index (χ2v) is 8.19. The first kappa shape index (κ1) is 24.7. The van der Waals surface area contributed by atoms with Crippen LogP contribution >= 0.6 is 11.3 Å². The molecule has 1 amide bonds. The molecule has 0 spiro atoms. The standard InChI is InChI=1S/C25H26N4O4S/c1-4-23-28-29-25(34-23)27-24(30)19(16-26)14-18-9-10-21(22(15-18)31-5-2)33-12-11-32-20-8-6-7-17(3)13-20/h6-10,13-15H,4-5,11-12H2,1-3H3,(H,27,29,30)/b19-14-. The molecule has 0 aliphatic carbocycles. The molecule has 0 saturated carbocycles. The molecule has 1 N–H and O–H groups in total. The number of anilines is 1. The maximum Gasteiger partial charge on any atom is 0.268 e. The molecular formula is C25H26N4O4S. The van der Waals surface area contributed by atoms with E-state index < -0.39 is 5.91 Å². The summed E-state index contributed by atoms with van der Waals surface area (Å²) in [5.41, 5.74) is 1.70. The molecule has 9 heteroatoms. The van der Waals surface area contributed by atoms with Crippen LogP contribution in [0.3, 0.4) is 0 Å². The van der Waals surface area contributed by atoms with Crippen LogP contribution in [0.25, 0.3) is 6.08 Å². The first-order valence-electron chi connectivity index (χ1n) is 10.9. The van der Waals surface area contributed by atoms with Crippen molar-refractivity contribution in [2.45, 2.75) is 27.2 Å². The Balaban J connectivity index is 1.65. The number of carbonyl (C=O) groups excluding carboxylic acids is 1. The van der Waals surface area contributed by atoms with Gasteiger partial charge in [0, 0.05) is 0 Å². The highest BCUT2D eigenvalue weighted by Gasteiger charge is 2.14. The molecule has 0 aliphatic heterocycles. The zero-order valence-electron chi connectivity index (χ0n) is 19.3. The Hall–Kier alpha value is -3.90. The second-order valence-electron chi connectivity index (χ2n) is 7.13. The molecule has 2 aromatic carbocycles. The van der Waals surface area contributed by atoms with E-state index >= 15 is 0 Å². The molecule has 0 radical (unpaired) electrons. The number of hydrogen-bond donors (Lipinski definition) is 1. The number of aryl methyl sites for hydroxylation is 2. The topological polar surface area (TPSA) is 106 Å². The molecular weight excluding hydrogens is 452 g/mol. The average molecular weight is 479 g/mol. The molecule has 1 aromatic heterocycles. The summed E-state index contributed by atoms with van der Waals surface area (Å²) in [4.78, 5) is 12.5. The van der Waals surface area contributed by atoms with Crippen molar-refractivity contribution in [1.29, 1.82) is 5.26 Å². The number of amides is 1. The van der Waals surface area contributed by atoms with Crippen LogP contribution in [-0.2, 0) is 11.2 Å². The van der Waals surface area contributed by atoms with Crippen molar-refractivity contribution in [3.63, 3.8) is 0 Å². The third kappa shape index (κ3) is 7.05. The van der Waals surface area contributed by atoms with Crippen LogP contribution in [0.4, 0.5) is 5.13 Å². The van der Waals surface area contributed by atoms with Gasteiger partial charge in [-0.05, 0) is 61.7 Å².